The van der Waals surface area contributed by atoms with E-state index in [4.69, 9.17) is 0 Å². The molecule has 1 fully saturated rings. The first-order chi connectivity index (χ1) is 12.9. The number of rotatable bonds is 9. The first kappa shape index (κ1) is 25.8. The summed E-state index contributed by atoms with van der Waals surface area (Å²) in [5, 5.41) is 5.34. The molecule has 0 radical (unpaired) electrons. The van der Waals surface area contributed by atoms with Gasteiger partial charge in [-0.3, -0.25) is 9.89 Å². The number of aliphatic imine (C=N–C) groups is 1. The van der Waals surface area contributed by atoms with Crippen molar-refractivity contribution < 1.29 is 13.2 Å². The minimum Gasteiger partial charge on any atom is -0.356 e. The van der Waals surface area contributed by atoms with Crippen molar-refractivity contribution in [2.75, 3.05) is 52.1 Å². The predicted molar refractivity (Wildman–Crippen MR) is 122 cm³/mol. The molecule has 1 N–H and O–H groups in total. The number of thioether (sulfide) groups is 1. The van der Waals surface area contributed by atoms with Gasteiger partial charge in [-0.05, 0) is 25.3 Å². The fraction of sp³-hybridized carbons (Fsp3) is 0.765. The zero-order valence-corrected chi connectivity index (χ0v) is 20.2. The van der Waals surface area contributed by atoms with Crippen molar-refractivity contribution in [1.29, 1.82) is 0 Å². The molecule has 2 heterocycles. The second-order valence-corrected chi connectivity index (χ2v) is 8.75. The van der Waals surface area contributed by atoms with Crippen molar-refractivity contribution in [3.63, 3.8) is 0 Å². The van der Waals surface area contributed by atoms with Gasteiger partial charge in [0.05, 0.1) is 6.54 Å². The lowest BCUT2D eigenvalue weighted by Gasteiger charge is -2.26. The molecule has 1 aliphatic heterocycles. The summed E-state index contributed by atoms with van der Waals surface area (Å²) >= 11 is 3.40. The topological polar surface area (TPSA) is 43.8 Å². The van der Waals surface area contributed by atoms with Crippen LogP contribution in [0.4, 0.5) is 13.2 Å². The van der Waals surface area contributed by atoms with Crippen LogP contribution in [0.15, 0.2) is 20.9 Å². The van der Waals surface area contributed by atoms with Gasteiger partial charge in [-0.1, -0.05) is 18.7 Å². The molecule has 0 aliphatic carbocycles. The molecule has 1 aromatic heterocycles. The number of hydrogen-bond donors (Lipinski definition) is 1. The molecule has 162 valence electrons. The molecule has 2 rings (SSSR count). The lowest BCUT2D eigenvalue weighted by atomic mass is 10.1. The highest BCUT2D eigenvalue weighted by molar-refractivity contribution is 14.0. The van der Waals surface area contributed by atoms with Crippen molar-refractivity contribution in [3.05, 3.63) is 11.6 Å². The maximum Gasteiger partial charge on any atom is 0.401 e. The van der Waals surface area contributed by atoms with Crippen LogP contribution < -0.4 is 5.32 Å². The highest BCUT2D eigenvalue weighted by atomic mass is 127. The van der Waals surface area contributed by atoms with Crippen LogP contribution in [0.5, 0.6) is 0 Å². The van der Waals surface area contributed by atoms with Gasteiger partial charge >= 0.3 is 6.18 Å². The summed E-state index contributed by atoms with van der Waals surface area (Å²) in [6.45, 7) is 4.26. The van der Waals surface area contributed by atoms with Gasteiger partial charge < -0.3 is 10.2 Å². The van der Waals surface area contributed by atoms with Crippen LogP contribution in [-0.4, -0.2) is 79.0 Å². The number of guanidine groups is 1. The Bertz CT molecular complexity index is 572. The van der Waals surface area contributed by atoms with Crippen LogP contribution in [0.1, 0.15) is 19.8 Å². The quantitative estimate of drug-likeness (QED) is 0.165. The minimum atomic E-state index is -4.14. The minimum absolute atomic E-state index is 0. The standard InChI is InChI=1S/C17H28F3N5S2.HI/c1-3-24(13-17(18,19)20)11-14-5-8-25(12-14)15(21-2)22-6-4-9-26-16-23-7-10-27-16;/h7,10,14H,3-6,8-9,11-13H2,1-2H3,(H,21,22);1H. The van der Waals surface area contributed by atoms with Crippen molar-refractivity contribution in [3.8, 4) is 0 Å². The van der Waals surface area contributed by atoms with Gasteiger partial charge in [0, 0.05) is 50.6 Å². The van der Waals surface area contributed by atoms with Gasteiger partial charge in [-0.15, -0.1) is 35.3 Å². The molecule has 1 saturated heterocycles. The molecule has 0 saturated carbocycles. The Hall–Kier alpha value is -0.270. The zero-order valence-electron chi connectivity index (χ0n) is 16.2. The third-order valence-corrected chi connectivity index (χ3v) is 6.46. The van der Waals surface area contributed by atoms with Gasteiger partial charge in [-0.2, -0.15) is 13.2 Å². The Morgan fingerprint density at radius 1 is 1.50 bits per heavy atom. The number of likely N-dealkylation sites (tertiary alicyclic amines) is 1. The maximum atomic E-state index is 12.6. The molecule has 1 atom stereocenters. The van der Waals surface area contributed by atoms with E-state index in [-0.39, 0.29) is 29.9 Å². The Morgan fingerprint density at radius 2 is 2.29 bits per heavy atom. The van der Waals surface area contributed by atoms with Crippen molar-refractivity contribution >= 4 is 53.0 Å². The number of nitrogens with zero attached hydrogens (tertiary/aromatic N) is 4. The Balaban J connectivity index is 0.00000392. The Labute approximate surface area is 190 Å². The third kappa shape index (κ3) is 9.49. The fourth-order valence-electron chi connectivity index (χ4n) is 3.14. The monoisotopic (exact) mass is 551 g/mol. The molecule has 1 aliphatic rings. The Morgan fingerprint density at radius 3 is 2.89 bits per heavy atom. The van der Waals surface area contributed by atoms with Crippen LogP contribution >= 0.6 is 47.1 Å². The van der Waals surface area contributed by atoms with Crippen LogP contribution in [0, 0.1) is 5.92 Å². The molecule has 0 amide bonds. The van der Waals surface area contributed by atoms with E-state index in [1.807, 2.05) is 11.6 Å². The summed E-state index contributed by atoms with van der Waals surface area (Å²) in [7, 11) is 1.75. The summed E-state index contributed by atoms with van der Waals surface area (Å²) < 4.78 is 39.0. The lowest BCUT2D eigenvalue weighted by molar-refractivity contribution is -0.146. The molecule has 0 bridgehead atoms. The summed E-state index contributed by atoms with van der Waals surface area (Å²) in [6, 6.07) is 0. The fourth-order valence-corrected chi connectivity index (χ4v) is 4.79. The maximum absolute atomic E-state index is 12.6. The number of halogens is 4. The van der Waals surface area contributed by atoms with Gasteiger partial charge in [0.2, 0.25) is 0 Å². The summed E-state index contributed by atoms with van der Waals surface area (Å²) in [6.07, 6.45) is -0.432. The number of nitrogens with one attached hydrogen (secondary N) is 1. The van der Waals surface area contributed by atoms with E-state index < -0.39 is 12.7 Å². The number of aromatic nitrogens is 1. The third-order valence-electron chi connectivity index (χ3n) is 4.40. The van der Waals surface area contributed by atoms with E-state index in [0.717, 1.165) is 48.5 Å². The normalized spacial score (nSPS) is 17.9. The molecule has 28 heavy (non-hydrogen) atoms. The van der Waals surface area contributed by atoms with Crippen molar-refractivity contribution in [2.45, 2.75) is 30.3 Å². The van der Waals surface area contributed by atoms with E-state index in [0.29, 0.717) is 13.1 Å². The van der Waals surface area contributed by atoms with E-state index >= 15 is 0 Å². The molecule has 0 spiro atoms. The Kier molecular flexibility index (Phi) is 12.1. The first-order valence-corrected chi connectivity index (χ1v) is 11.0. The number of alkyl halides is 3. The smallest absolute Gasteiger partial charge is 0.356 e. The van der Waals surface area contributed by atoms with Gasteiger partial charge in [0.1, 0.15) is 4.34 Å². The second kappa shape index (κ2) is 13.1. The van der Waals surface area contributed by atoms with E-state index in [9.17, 15) is 13.2 Å². The molecule has 11 heteroatoms. The van der Waals surface area contributed by atoms with Crippen LogP contribution in [0.2, 0.25) is 0 Å². The molecule has 0 aromatic carbocycles. The second-order valence-electron chi connectivity index (χ2n) is 6.52. The van der Waals surface area contributed by atoms with E-state index in [1.165, 1.54) is 4.90 Å². The van der Waals surface area contributed by atoms with Gasteiger partial charge in [-0.25, -0.2) is 4.98 Å². The molecule has 1 unspecified atom stereocenters. The SMILES string of the molecule is CCN(CC1CCN(C(=NC)NCCCSc2nccs2)C1)CC(F)(F)F.I. The van der Waals surface area contributed by atoms with Gasteiger partial charge in [0.25, 0.3) is 0 Å². The highest BCUT2D eigenvalue weighted by Gasteiger charge is 2.32. The highest BCUT2D eigenvalue weighted by Crippen LogP contribution is 2.22. The lowest BCUT2D eigenvalue weighted by Crippen LogP contribution is -2.42. The largest absolute Gasteiger partial charge is 0.401 e. The van der Waals surface area contributed by atoms with E-state index in [2.05, 4.69) is 20.2 Å². The first-order valence-electron chi connectivity index (χ1n) is 9.18. The summed E-state index contributed by atoms with van der Waals surface area (Å²) in [4.78, 5) is 12.2. The van der Waals surface area contributed by atoms with Crippen LogP contribution in [0.25, 0.3) is 0 Å². The van der Waals surface area contributed by atoms with Crippen molar-refractivity contribution in [2.24, 2.45) is 10.9 Å². The molecule has 5 nitrogen and oxygen atoms in total. The van der Waals surface area contributed by atoms with Crippen molar-refractivity contribution in [1.82, 2.24) is 20.1 Å². The summed E-state index contributed by atoms with van der Waals surface area (Å²) in [5.74, 6) is 2.07. The van der Waals surface area contributed by atoms with Gasteiger partial charge in [0.15, 0.2) is 5.96 Å². The average Bonchev–Trinajstić information content (AvgIpc) is 3.28. The molecular weight excluding hydrogens is 522 g/mol. The van der Waals surface area contributed by atoms with Crippen LogP contribution in [0.3, 0.4) is 0 Å². The van der Waals surface area contributed by atoms with E-state index in [1.54, 1.807) is 37.1 Å². The zero-order chi connectivity index (χ0) is 19.7. The number of thiazole rings is 1. The van der Waals surface area contributed by atoms with Crippen LogP contribution in [-0.2, 0) is 0 Å². The average molecular weight is 551 g/mol. The molecular formula is C17H29F3IN5S2. The number of hydrogen-bond acceptors (Lipinski definition) is 5. The summed E-state index contributed by atoms with van der Waals surface area (Å²) in [5.41, 5.74) is 0. The predicted octanol–water partition coefficient (Wildman–Crippen LogP) is 4.02. The molecule has 1 aromatic rings.